The van der Waals surface area contributed by atoms with E-state index in [1.54, 1.807) is 18.2 Å². The first-order valence-corrected chi connectivity index (χ1v) is 8.96. The largest absolute Gasteiger partial charge is 0.496 e. The Morgan fingerprint density at radius 1 is 1.31 bits per heavy atom. The van der Waals surface area contributed by atoms with Crippen molar-refractivity contribution in [1.29, 1.82) is 0 Å². The molecule has 3 rings (SSSR count). The lowest BCUT2D eigenvalue weighted by atomic mass is 10.1. The van der Waals surface area contributed by atoms with Crippen LogP contribution in [0.4, 0.5) is 0 Å². The van der Waals surface area contributed by atoms with E-state index in [0.717, 1.165) is 24.6 Å². The summed E-state index contributed by atoms with van der Waals surface area (Å²) in [7, 11) is 1.53. The summed E-state index contributed by atoms with van der Waals surface area (Å²) >= 11 is 6.03. The molecule has 26 heavy (non-hydrogen) atoms. The summed E-state index contributed by atoms with van der Waals surface area (Å²) in [5.74, 6) is 1.94. The SMILES string of the molecule is COc1ccc(Cl)cc1C(=O)NC[C@@H](c1ccc(C)o1)N1CCOCC1. The lowest BCUT2D eigenvalue weighted by molar-refractivity contribution is 0.0117. The topological polar surface area (TPSA) is 63.9 Å². The average molecular weight is 379 g/mol. The molecule has 6 nitrogen and oxygen atoms in total. The van der Waals surface area contributed by atoms with E-state index in [0.29, 0.717) is 36.1 Å². The van der Waals surface area contributed by atoms with Gasteiger partial charge < -0.3 is 19.2 Å². The fourth-order valence-electron chi connectivity index (χ4n) is 3.07. The van der Waals surface area contributed by atoms with Crippen molar-refractivity contribution in [1.82, 2.24) is 10.2 Å². The number of hydrogen-bond donors (Lipinski definition) is 1. The second-order valence-electron chi connectivity index (χ2n) is 6.17. The summed E-state index contributed by atoms with van der Waals surface area (Å²) in [5, 5.41) is 3.47. The number of ether oxygens (including phenoxy) is 2. The fourth-order valence-corrected chi connectivity index (χ4v) is 3.25. The molecular weight excluding hydrogens is 356 g/mol. The third kappa shape index (κ3) is 4.38. The van der Waals surface area contributed by atoms with Crippen molar-refractivity contribution in [2.45, 2.75) is 13.0 Å². The minimum Gasteiger partial charge on any atom is -0.496 e. The molecule has 7 heteroatoms. The molecule has 0 bridgehead atoms. The minimum absolute atomic E-state index is 0.0540. The molecule has 1 saturated heterocycles. The summed E-state index contributed by atoms with van der Waals surface area (Å²) < 4.78 is 16.5. The maximum absolute atomic E-state index is 12.7. The van der Waals surface area contributed by atoms with Crippen LogP contribution < -0.4 is 10.1 Å². The maximum atomic E-state index is 12.7. The van der Waals surface area contributed by atoms with Gasteiger partial charge >= 0.3 is 0 Å². The highest BCUT2D eigenvalue weighted by Crippen LogP contribution is 2.25. The van der Waals surface area contributed by atoms with E-state index in [-0.39, 0.29) is 11.9 Å². The molecule has 2 aromatic rings. The number of halogens is 1. The van der Waals surface area contributed by atoms with Gasteiger partial charge in [0.2, 0.25) is 0 Å². The number of rotatable bonds is 6. The zero-order valence-corrected chi connectivity index (χ0v) is 15.7. The quantitative estimate of drug-likeness (QED) is 0.837. The van der Waals surface area contributed by atoms with Gasteiger partial charge in [0.05, 0.1) is 31.9 Å². The zero-order valence-electron chi connectivity index (χ0n) is 15.0. The van der Waals surface area contributed by atoms with Gasteiger partial charge in [0.1, 0.15) is 17.3 Å². The summed E-state index contributed by atoms with van der Waals surface area (Å²) in [6.07, 6.45) is 0. The summed E-state index contributed by atoms with van der Waals surface area (Å²) in [4.78, 5) is 14.9. The van der Waals surface area contributed by atoms with Crippen molar-refractivity contribution in [2.24, 2.45) is 0 Å². The van der Waals surface area contributed by atoms with Gasteiger partial charge in [-0.3, -0.25) is 9.69 Å². The van der Waals surface area contributed by atoms with Crippen molar-refractivity contribution < 1.29 is 18.7 Å². The first-order chi connectivity index (χ1) is 12.6. The van der Waals surface area contributed by atoms with E-state index in [9.17, 15) is 4.79 Å². The Morgan fingerprint density at radius 2 is 2.08 bits per heavy atom. The molecule has 1 aromatic carbocycles. The predicted octanol–water partition coefficient (Wildman–Crippen LogP) is 3.05. The molecule has 0 aliphatic carbocycles. The molecule has 0 unspecified atom stereocenters. The fraction of sp³-hybridized carbons (Fsp3) is 0.421. The standard InChI is InChI=1S/C19H23ClN2O4/c1-13-3-5-18(26-13)16(22-7-9-25-10-8-22)12-21-19(23)15-11-14(20)4-6-17(15)24-2/h3-6,11,16H,7-10,12H2,1-2H3,(H,21,23)/t16-/m0/s1. The van der Waals surface area contributed by atoms with Crippen LogP contribution in [0.25, 0.3) is 0 Å². The Bertz CT molecular complexity index is 756. The lowest BCUT2D eigenvalue weighted by Crippen LogP contribution is -2.43. The number of nitrogens with one attached hydrogen (secondary N) is 1. The van der Waals surface area contributed by atoms with Gasteiger partial charge in [-0.05, 0) is 37.3 Å². The molecule has 1 fully saturated rings. The highest BCUT2D eigenvalue weighted by Gasteiger charge is 2.26. The molecule has 1 amide bonds. The molecule has 2 heterocycles. The highest BCUT2D eigenvalue weighted by atomic mass is 35.5. The van der Waals surface area contributed by atoms with Crippen LogP contribution in [0.15, 0.2) is 34.7 Å². The number of carbonyl (C=O) groups is 1. The Morgan fingerprint density at radius 3 is 2.73 bits per heavy atom. The number of nitrogens with zero attached hydrogens (tertiary/aromatic N) is 1. The van der Waals surface area contributed by atoms with Crippen LogP contribution in [0.5, 0.6) is 5.75 Å². The van der Waals surface area contributed by atoms with Crippen LogP contribution in [0, 0.1) is 6.92 Å². The molecule has 0 saturated carbocycles. The monoisotopic (exact) mass is 378 g/mol. The smallest absolute Gasteiger partial charge is 0.255 e. The lowest BCUT2D eigenvalue weighted by Gasteiger charge is -2.33. The summed E-state index contributed by atoms with van der Waals surface area (Å²) in [6, 6.07) is 8.83. The van der Waals surface area contributed by atoms with E-state index >= 15 is 0 Å². The maximum Gasteiger partial charge on any atom is 0.255 e. The van der Waals surface area contributed by atoms with Gasteiger partial charge in [-0.2, -0.15) is 0 Å². The molecule has 1 aromatic heterocycles. The number of benzene rings is 1. The third-order valence-electron chi connectivity index (χ3n) is 4.44. The van der Waals surface area contributed by atoms with Gasteiger partial charge in [-0.1, -0.05) is 11.6 Å². The molecule has 1 aliphatic heterocycles. The number of methoxy groups -OCH3 is 1. The second-order valence-corrected chi connectivity index (χ2v) is 6.60. The van der Waals surface area contributed by atoms with Gasteiger partial charge in [0.15, 0.2) is 0 Å². The zero-order chi connectivity index (χ0) is 18.5. The number of hydrogen-bond acceptors (Lipinski definition) is 5. The second kappa shape index (κ2) is 8.58. The minimum atomic E-state index is -0.231. The molecule has 0 spiro atoms. The Kier molecular flexibility index (Phi) is 6.19. The molecule has 1 aliphatic rings. The van der Waals surface area contributed by atoms with E-state index in [4.69, 9.17) is 25.5 Å². The average Bonchev–Trinajstić information content (AvgIpc) is 3.08. The molecule has 1 N–H and O–H groups in total. The molecule has 140 valence electrons. The molecule has 0 radical (unpaired) electrons. The highest BCUT2D eigenvalue weighted by molar-refractivity contribution is 6.31. The van der Waals surface area contributed by atoms with Crippen LogP contribution in [-0.2, 0) is 4.74 Å². The Balaban J connectivity index is 1.75. The number of morpholine rings is 1. The van der Waals surface area contributed by atoms with Crippen LogP contribution in [0.2, 0.25) is 5.02 Å². The van der Waals surface area contributed by atoms with Gasteiger partial charge in [0, 0.05) is 24.7 Å². The summed E-state index contributed by atoms with van der Waals surface area (Å²) in [6.45, 7) is 5.26. The number of carbonyl (C=O) groups excluding carboxylic acids is 1. The van der Waals surface area contributed by atoms with E-state index in [1.165, 1.54) is 7.11 Å². The van der Waals surface area contributed by atoms with E-state index in [1.807, 2.05) is 19.1 Å². The van der Waals surface area contributed by atoms with Crippen LogP contribution in [-0.4, -0.2) is 50.8 Å². The van der Waals surface area contributed by atoms with Crippen LogP contribution in [0.1, 0.15) is 27.9 Å². The van der Waals surface area contributed by atoms with Crippen molar-refractivity contribution >= 4 is 17.5 Å². The van der Waals surface area contributed by atoms with Gasteiger partial charge in [-0.15, -0.1) is 0 Å². The first kappa shape index (κ1) is 18.8. The van der Waals surface area contributed by atoms with Crippen LogP contribution >= 0.6 is 11.6 Å². The van der Waals surface area contributed by atoms with E-state index in [2.05, 4.69) is 10.2 Å². The van der Waals surface area contributed by atoms with Crippen molar-refractivity contribution in [3.63, 3.8) is 0 Å². The van der Waals surface area contributed by atoms with Crippen LogP contribution in [0.3, 0.4) is 0 Å². The van der Waals surface area contributed by atoms with E-state index < -0.39 is 0 Å². The molecular formula is C19H23ClN2O4. The molecule has 1 atom stereocenters. The van der Waals surface area contributed by atoms with Gasteiger partial charge in [0.25, 0.3) is 5.91 Å². The number of amides is 1. The summed E-state index contributed by atoms with van der Waals surface area (Å²) in [5.41, 5.74) is 0.413. The Hall–Kier alpha value is -2.02. The third-order valence-corrected chi connectivity index (χ3v) is 4.67. The van der Waals surface area contributed by atoms with Crippen molar-refractivity contribution in [3.05, 3.63) is 52.4 Å². The number of aryl methyl sites for hydroxylation is 1. The Labute approximate surface area is 158 Å². The number of furan rings is 1. The van der Waals surface area contributed by atoms with Gasteiger partial charge in [-0.25, -0.2) is 0 Å². The normalized spacial score (nSPS) is 16.3. The first-order valence-electron chi connectivity index (χ1n) is 8.58. The van der Waals surface area contributed by atoms with Crippen molar-refractivity contribution in [3.8, 4) is 5.75 Å². The van der Waals surface area contributed by atoms with Crippen molar-refractivity contribution in [2.75, 3.05) is 40.0 Å². The predicted molar refractivity (Wildman–Crippen MR) is 98.9 cm³/mol.